The van der Waals surface area contributed by atoms with E-state index in [9.17, 15) is 4.79 Å². The van der Waals surface area contributed by atoms with E-state index in [0.29, 0.717) is 11.4 Å². The monoisotopic (exact) mass is 233 g/mol. The Morgan fingerprint density at radius 2 is 2.06 bits per heavy atom. The smallest absolute Gasteiger partial charge is 0.190 e. The van der Waals surface area contributed by atoms with Gasteiger partial charge in [-0.15, -0.1) is 0 Å². The van der Waals surface area contributed by atoms with E-state index in [-0.39, 0.29) is 11.2 Å². The molecule has 92 valence electrons. The van der Waals surface area contributed by atoms with E-state index >= 15 is 0 Å². The number of aromatic nitrogens is 1. The van der Waals surface area contributed by atoms with Crippen molar-refractivity contribution in [3.05, 3.63) is 24.0 Å². The molecule has 1 aromatic heterocycles. The van der Waals surface area contributed by atoms with E-state index in [1.165, 1.54) is 6.42 Å². The van der Waals surface area contributed by atoms with Crippen molar-refractivity contribution in [3.63, 3.8) is 0 Å². The van der Waals surface area contributed by atoms with Crippen LogP contribution in [0.3, 0.4) is 0 Å². The highest BCUT2D eigenvalue weighted by Crippen LogP contribution is 2.39. The molecule has 0 radical (unpaired) electrons. The van der Waals surface area contributed by atoms with Crippen molar-refractivity contribution in [2.24, 2.45) is 5.41 Å². The fraction of sp³-hybridized carbons (Fsp3) is 0.571. The SMILES string of the molecule is COc1cccnc1C(=O)C1(C)CCCCC1. The van der Waals surface area contributed by atoms with Gasteiger partial charge in [0.15, 0.2) is 5.78 Å². The molecule has 0 saturated heterocycles. The molecule has 1 aromatic rings. The zero-order valence-corrected chi connectivity index (χ0v) is 10.5. The zero-order chi connectivity index (χ0) is 12.3. The van der Waals surface area contributed by atoms with Crippen LogP contribution in [0.25, 0.3) is 0 Å². The van der Waals surface area contributed by atoms with Gasteiger partial charge in [-0.2, -0.15) is 0 Å². The molecule has 3 nitrogen and oxygen atoms in total. The summed E-state index contributed by atoms with van der Waals surface area (Å²) in [4.78, 5) is 16.8. The molecule has 1 aliphatic rings. The molecule has 1 heterocycles. The number of methoxy groups -OCH3 is 1. The number of nitrogens with zero attached hydrogens (tertiary/aromatic N) is 1. The maximum atomic E-state index is 12.6. The quantitative estimate of drug-likeness (QED) is 0.752. The van der Waals surface area contributed by atoms with Crippen LogP contribution in [-0.2, 0) is 0 Å². The molecule has 1 fully saturated rings. The number of hydrogen-bond donors (Lipinski definition) is 0. The molecule has 0 bridgehead atoms. The average molecular weight is 233 g/mol. The molecule has 17 heavy (non-hydrogen) atoms. The molecule has 0 atom stereocenters. The summed E-state index contributed by atoms with van der Waals surface area (Å²) in [6.07, 6.45) is 7.09. The van der Waals surface area contributed by atoms with E-state index in [0.717, 1.165) is 25.7 Å². The highest BCUT2D eigenvalue weighted by atomic mass is 16.5. The van der Waals surface area contributed by atoms with E-state index in [4.69, 9.17) is 4.74 Å². The van der Waals surface area contributed by atoms with Gasteiger partial charge in [0, 0.05) is 11.6 Å². The zero-order valence-electron chi connectivity index (χ0n) is 10.5. The predicted molar refractivity (Wildman–Crippen MR) is 66.3 cm³/mol. The summed E-state index contributed by atoms with van der Waals surface area (Å²) in [5, 5.41) is 0. The maximum absolute atomic E-state index is 12.6. The third-order valence-corrected chi connectivity index (χ3v) is 3.71. The normalized spacial score (nSPS) is 18.7. The standard InChI is InChI=1S/C14H19NO2/c1-14(8-4-3-5-9-14)13(16)12-11(17-2)7-6-10-15-12/h6-7,10H,3-5,8-9H2,1-2H3. The summed E-state index contributed by atoms with van der Waals surface area (Å²) in [6, 6.07) is 3.59. The third-order valence-electron chi connectivity index (χ3n) is 3.71. The van der Waals surface area contributed by atoms with E-state index in [2.05, 4.69) is 11.9 Å². The van der Waals surface area contributed by atoms with E-state index < -0.39 is 0 Å². The number of rotatable bonds is 3. The van der Waals surface area contributed by atoms with Gasteiger partial charge in [0.1, 0.15) is 11.4 Å². The van der Waals surface area contributed by atoms with Crippen LogP contribution in [0.2, 0.25) is 0 Å². The Bertz CT molecular complexity index is 408. The fourth-order valence-corrected chi connectivity index (χ4v) is 2.57. The lowest BCUT2D eigenvalue weighted by atomic mass is 9.72. The Kier molecular flexibility index (Phi) is 3.46. The lowest BCUT2D eigenvalue weighted by Crippen LogP contribution is -2.31. The lowest BCUT2D eigenvalue weighted by molar-refractivity contribution is 0.0740. The molecular formula is C14H19NO2. The average Bonchev–Trinajstić information content (AvgIpc) is 2.38. The van der Waals surface area contributed by atoms with Gasteiger partial charge in [-0.25, -0.2) is 4.98 Å². The molecule has 0 amide bonds. The number of pyridine rings is 1. The summed E-state index contributed by atoms with van der Waals surface area (Å²) >= 11 is 0. The first-order chi connectivity index (χ1) is 8.17. The third kappa shape index (κ3) is 2.33. The van der Waals surface area contributed by atoms with E-state index in [1.807, 2.05) is 0 Å². The summed E-state index contributed by atoms with van der Waals surface area (Å²) in [5.41, 5.74) is 0.235. The van der Waals surface area contributed by atoms with Gasteiger partial charge < -0.3 is 4.74 Å². The van der Waals surface area contributed by atoms with Gasteiger partial charge in [0.25, 0.3) is 0 Å². The lowest BCUT2D eigenvalue weighted by Gasteiger charge is -2.31. The molecule has 0 aromatic carbocycles. The van der Waals surface area contributed by atoms with Crippen LogP contribution in [0.4, 0.5) is 0 Å². The highest BCUT2D eigenvalue weighted by molar-refractivity contribution is 6.00. The summed E-state index contributed by atoms with van der Waals surface area (Å²) in [5.74, 6) is 0.721. The molecule has 1 saturated carbocycles. The minimum atomic E-state index is -0.250. The fourth-order valence-electron chi connectivity index (χ4n) is 2.57. The maximum Gasteiger partial charge on any atom is 0.190 e. The van der Waals surface area contributed by atoms with Gasteiger partial charge in [0.05, 0.1) is 7.11 Å². The number of carbonyl (C=O) groups excluding carboxylic acids is 1. The molecule has 0 N–H and O–H groups in total. The van der Waals surface area contributed by atoms with Crippen LogP contribution < -0.4 is 4.74 Å². The van der Waals surface area contributed by atoms with Crippen LogP contribution in [0.5, 0.6) is 5.75 Å². The number of ether oxygens (including phenoxy) is 1. The van der Waals surface area contributed by atoms with Crippen molar-refractivity contribution >= 4 is 5.78 Å². The predicted octanol–water partition coefficient (Wildman–Crippen LogP) is 3.24. The summed E-state index contributed by atoms with van der Waals surface area (Å²) < 4.78 is 5.22. The van der Waals surface area contributed by atoms with Gasteiger partial charge in [-0.1, -0.05) is 26.2 Å². The molecule has 0 spiro atoms. The van der Waals surface area contributed by atoms with Gasteiger partial charge in [-0.05, 0) is 25.0 Å². The number of hydrogen-bond acceptors (Lipinski definition) is 3. The molecule has 0 unspecified atom stereocenters. The highest BCUT2D eigenvalue weighted by Gasteiger charge is 2.37. The van der Waals surface area contributed by atoms with Gasteiger partial charge in [0.2, 0.25) is 0 Å². The molecular weight excluding hydrogens is 214 g/mol. The summed E-state index contributed by atoms with van der Waals surface area (Å²) in [6.45, 7) is 2.06. The molecule has 3 heteroatoms. The first kappa shape index (κ1) is 12.1. The van der Waals surface area contributed by atoms with Crippen molar-refractivity contribution in [3.8, 4) is 5.75 Å². The van der Waals surface area contributed by atoms with Crippen LogP contribution in [0, 0.1) is 5.41 Å². The molecule has 2 rings (SSSR count). The van der Waals surface area contributed by atoms with Crippen molar-refractivity contribution in [1.82, 2.24) is 4.98 Å². The van der Waals surface area contributed by atoms with Gasteiger partial charge >= 0.3 is 0 Å². The number of Topliss-reactive ketones (excluding diaryl/α,β-unsaturated/α-hetero) is 1. The Hall–Kier alpha value is -1.38. The Morgan fingerprint density at radius 3 is 2.71 bits per heavy atom. The van der Waals surface area contributed by atoms with Gasteiger partial charge in [-0.3, -0.25) is 4.79 Å². The number of carbonyl (C=O) groups is 1. The second-order valence-electron chi connectivity index (χ2n) is 5.00. The van der Waals surface area contributed by atoms with Crippen LogP contribution in [0.1, 0.15) is 49.5 Å². The Morgan fingerprint density at radius 1 is 1.35 bits per heavy atom. The topological polar surface area (TPSA) is 39.2 Å². The Balaban J connectivity index is 2.29. The van der Waals surface area contributed by atoms with Crippen LogP contribution in [-0.4, -0.2) is 17.9 Å². The minimum Gasteiger partial charge on any atom is -0.494 e. The van der Waals surface area contributed by atoms with Crippen molar-refractivity contribution in [1.29, 1.82) is 0 Å². The Labute approximate surface area is 102 Å². The van der Waals surface area contributed by atoms with Crippen molar-refractivity contribution in [2.75, 3.05) is 7.11 Å². The van der Waals surface area contributed by atoms with Crippen molar-refractivity contribution < 1.29 is 9.53 Å². The van der Waals surface area contributed by atoms with Crippen molar-refractivity contribution in [2.45, 2.75) is 39.0 Å². The second-order valence-corrected chi connectivity index (χ2v) is 5.00. The number of ketones is 1. The minimum absolute atomic E-state index is 0.134. The summed E-state index contributed by atoms with van der Waals surface area (Å²) in [7, 11) is 1.58. The van der Waals surface area contributed by atoms with Crippen LogP contribution in [0.15, 0.2) is 18.3 Å². The van der Waals surface area contributed by atoms with E-state index in [1.54, 1.807) is 25.4 Å². The molecule has 0 aliphatic heterocycles. The van der Waals surface area contributed by atoms with Crippen LogP contribution >= 0.6 is 0 Å². The first-order valence-electron chi connectivity index (χ1n) is 6.21. The largest absolute Gasteiger partial charge is 0.494 e. The first-order valence-corrected chi connectivity index (χ1v) is 6.21. The molecule has 1 aliphatic carbocycles. The second kappa shape index (κ2) is 4.86.